The number of anilines is 1. The minimum Gasteiger partial charge on any atom is -0.375 e. The molecule has 0 amide bonds. The third-order valence-corrected chi connectivity index (χ3v) is 4.95. The van der Waals surface area contributed by atoms with Crippen LogP contribution in [0.15, 0.2) is 41.3 Å². The number of hydrogen-bond acceptors (Lipinski definition) is 5. The van der Waals surface area contributed by atoms with Crippen molar-refractivity contribution < 1.29 is 0 Å². The molecule has 6 heteroatoms. The van der Waals surface area contributed by atoms with Crippen LogP contribution in [0.3, 0.4) is 0 Å². The van der Waals surface area contributed by atoms with Gasteiger partial charge in [0.1, 0.15) is 11.0 Å². The maximum absolute atomic E-state index is 6.31. The standard InChI is InChI=1S/C15H14ClN3S2/c1-9(10-3-5-11(20-2)6-4-10)17-14-12(16)7-8-13-15(14)19-21-18-13/h3-9,17H,1-2H3. The number of fused-ring (bicyclic) bond motifs is 1. The van der Waals surface area contributed by atoms with E-state index >= 15 is 0 Å². The van der Waals surface area contributed by atoms with Gasteiger partial charge in [0, 0.05) is 10.9 Å². The molecule has 21 heavy (non-hydrogen) atoms. The van der Waals surface area contributed by atoms with Gasteiger partial charge in [-0.05, 0) is 43.0 Å². The summed E-state index contributed by atoms with van der Waals surface area (Å²) < 4.78 is 8.59. The molecule has 2 aromatic carbocycles. The van der Waals surface area contributed by atoms with Gasteiger partial charge in [0.15, 0.2) is 0 Å². The van der Waals surface area contributed by atoms with Gasteiger partial charge in [0.2, 0.25) is 0 Å². The molecule has 0 fully saturated rings. The number of nitrogens with zero attached hydrogens (tertiary/aromatic N) is 2. The predicted octanol–water partition coefficient (Wildman–Crippen LogP) is 5.24. The molecule has 3 aromatic rings. The quantitative estimate of drug-likeness (QED) is 0.662. The Bertz CT molecular complexity index is 755. The van der Waals surface area contributed by atoms with E-state index < -0.39 is 0 Å². The van der Waals surface area contributed by atoms with Crippen molar-refractivity contribution in [2.24, 2.45) is 0 Å². The Morgan fingerprint density at radius 3 is 2.62 bits per heavy atom. The van der Waals surface area contributed by atoms with Gasteiger partial charge in [-0.3, -0.25) is 0 Å². The zero-order valence-electron chi connectivity index (χ0n) is 11.6. The molecule has 108 valence electrons. The summed E-state index contributed by atoms with van der Waals surface area (Å²) in [6, 6.07) is 12.4. The molecular formula is C15H14ClN3S2. The first kappa shape index (κ1) is 14.6. The minimum atomic E-state index is 0.144. The van der Waals surface area contributed by atoms with Crippen LogP contribution in [0.5, 0.6) is 0 Å². The molecule has 0 saturated carbocycles. The van der Waals surface area contributed by atoms with Crippen molar-refractivity contribution in [3.8, 4) is 0 Å². The van der Waals surface area contributed by atoms with E-state index in [1.165, 1.54) is 22.2 Å². The highest BCUT2D eigenvalue weighted by molar-refractivity contribution is 7.98. The van der Waals surface area contributed by atoms with Crippen molar-refractivity contribution in [2.45, 2.75) is 17.9 Å². The van der Waals surface area contributed by atoms with Gasteiger partial charge in [0.25, 0.3) is 0 Å². The average molecular weight is 336 g/mol. The van der Waals surface area contributed by atoms with Gasteiger partial charge in [-0.15, -0.1) is 11.8 Å². The van der Waals surface area contributed by atoms with Crippen molar-refractivity contribution in [3.05, 3.63) is 47.0 Å². The maximum atomic E-state index is 6.31. The monoisotopic (exact) mass is 335 g/mol. The zero-order valence-corrected chi connectivity index (χ0v) is 14.0. The van der Waals surface area contributed by atoms with Crippen molar-refractivity contribution in [1.82, 2.24) is 8.75 Å². The highest BCUT2D eigenvalue weighted by Gasteiger charge is 2.13. The second-order valence-electron chi connectivity index (χ2n) is 4.69. The second-order valence-corrected chi connectivity index (χ2v) is 6.51. The highest BCUT2D eigenvalue weighted by atomic mass is 35.5. The van der Waals surface area contributed by atoms with E-state index in [0.29, 0.717) is 5.02 Å². The van der Waals surface area contributed by atoms with E-state index in [-0.39, 0.29) is 6.04 Å². The molecule has 3 nitrogen and oxygen atoms in total. The molecule has 0 saturated heterocycles. The first-order valence-corrected chi connectivity index (χ1v) is 8.83. The van der Waals surface area contributed by atoms with Crippen LogP contribution in [0.2, 0.25) is 5.02 Å². The van der Waals surface area contributed by atoms with Crippen molar-refractivity contribution in [3.63, 3.8) is 0 Å². The van der Waals surface area contributed by atoms with Crippen LogP contribution in [0.1, 0.15) is 18.5 Å². The molecule has 0 spiro atoms. The molecule has 1 heterocycles. The molecule has 0 bridgehead atoms. The van der Waals surface area contributed by atoms with Gasteiger partial charge in [-0.1, -0.05) is 23.7 Å². The highest BCUT2D eigenvalue weighted by Crippen LogP contribution is 2.33. The zero-order chi connectivity index (χ0) is 14.8. The predicted molar refractivity (Wildman–Crippen MR) is 92.7 cm³/mol. The fourth-order valence-electron chi connectivity index (χ4n) is 2.16. The Morgan fingerprint density at radius 1 is 1.14 bits per heavy atom. The second kappa shape index (κ2) is 6.22. The summed E-state index contributed by atoms with van der Waals surface area (Å²) in [5, 5.41) is 4.13. The molecule has 0 aliphatic rings. The third-order valence-electron chi connectivity index (χ3n) is 3.35. The van der Waals surface area contributed by atoms with Gasteiger partial charge in [0.05, 0.1) is 22.4 Å². The molecule has 0 aliphatic carbocycles. The van der Waals surface area contributed by atoms with Gasteiger partial charge in [-0.25, -0.2) is 0 Å². The van der Waals surface area contributed by atoms with E-state index in [9.17, 15) is 0 Å². The lowest BCUT2D eigenvalue weighted by Gasteiger charge is -2.17. The van der Waals surface area contributed by atoms with E-state index in [0.717, 1.165) is 16.7 Å². The lowest BCUT2D eigenvalue weighted by atomic mass is 10.1. The van der Waals surface area contributed by atoms with Crippen LogP contribution < -0.4 is 5.32 Å². The van der Waals surface area contributed by atoms with Crippen molar-refractivity contribution >= 4 is 51.8 Å². The Balaban J connectivity index is 1.90. The number of hydrogen-bond donors (Lipinski definition) is 1. The van der Waals surface area contributed by atoms with Crippen LogP contribution in [0.25, 0.3) is 11.0 Å². The van der Waals surface area contributed by atoms with E-state index in [4.69, 9.17) is 11.6 Å². The fraction of sp³-hybridized carbons (Fsp3) is 0.200. The summed E-state index contributed by atoms with van der Waals surface area (Å²) in [5.74, 6) is 0. The van der Waals surface area contributed by atoms with E-state index in [2.05, 4.69) is 51.5 Å². The number of benzene rings is 2. The summed E-state index contributed by atoms with van der Waals surface area (Å²) in [7, 11) is 0. The number of rotatable bonds is 4. The number of thioether (sulfide) groups is 1. The Morgan fingerprint density at radius 2 is 1.90 bits per heavy atom. The molecule has 0 aliphatic heterocycles. The fourth-order valence-corrected chi connectivity index (χ4v) is 3.31. The summed E-state index contributed by atoms with van der Waals surface area (Å²) in [5.41, 5.74) is 3.77. The molecule has 1 unspecified atom stereocenters. The molecule has 1 atom stereocenters. The topological polar surface area (TPSA) is 37.8 Å². The number of nitrogens with one attached hydrogen (secondary N) is 1. The summed E-state index contributed by atoms with van der Waals surface area (Å²) in [6.45, 7) is 2.11. The summed E-state index contributed by atoms with van der Waals surface area (Å²) >= 11 is 9.25. The van der Waals surface area contributed by atoms with Crippen LogP contribution in [0.4, 0.5) is 5.69 Å². The number of halogens is 1. The lowest BCUT2D eigenvalue weighted by molar-refractivity contribution is 0.884. The molecule has 1 N–H and O–H groups in total. The van der Waals surface area contributed by atoms with Crippen LogP contribution in [-0.2, 0) is 0 Å². The van der Waals surface area contributed by atoms with E-state index in [1.54, 1.807) is 11.8 Å². The van der Waals surface area contributed by atoms with Crippen LogP contribution in [-0.4, -0.2) is 15.0 Å². The van der Waals surface area contributed by atoms with E-state index in [1.807, 2.05) is 12.1 Å². The molecule has 3 rings (SSSR count). The summed E-state index contributed by atoms with van der Waals surface area (Å²) in [4.78, 5) is 1.26. The average Bonchev–Trinajstić information content (AvgIpc) is 2.99. The third kappa shape index (κ3) is 3.00. The number of aromatic nitrogens is 2. The van der Waals surface area contributed by atoms with Crippen LogP contribution >= 0.6 is 35.1 Å². The summed E-state index contributed by atoms with van der Waals surface area (Å²) in [6.07, 6.45) is 2.08. The van der Waals surface area contributed by atoms with Gasteiger partial charge < -0.3 is 5.32 Å². The van der Waals surface area contributed by atoms with Crippen LogP contribution in [0, 0.1) is 0 Å². The maximum Gasteiger partial charge on any atom is 0.129 e. The van der Waals surface area contributed by atoms with Crippen molar-refractivity contribution in [2.75, 3.05) is 11.6 Å². The molecule has 0 radical (unpaired) electrons. The first-order valence-electron chi connectivity index (χ1n) is 6.50. The largest absolute Gasteiger partial charge is 0.375 e. The van der Waals surface area contributed by atoms with Gasteiger partial charge >= 0.3 is 0 Å². The Hall–Kier alpha value is -1.30. The van der Waals surface area contributed by atoms with Crippen molar-refractivity contribution in [1.29, 1.82) is 0 Å². The van der Waals surface area contributed by atoms with Gasteiger partial charge in [-0.2, -0.15) is 8.75 Å². The smallest absolute Gasteiger partial charge is 0.129 e. The molecular weight excluding hydrogens is 322 g/mol. The SMILES string of the molecule is CSc1ccc(C(C)Nc2c(Cl)ccc3nsnc23)cc1. The Kier molecular flexibility index (Phi) is 4.33. The Labute approximate surface area is 137 Å². The first-order chi connectivity index (χ1) is 10.2. The molecule has 1 aromatic heterocycles. The lowest BCUT2D eigenvalue weighted by Crippen LogP contribution is -2.07. The normalized spacial score (nSPS) is 12.5. The minimum absolute atomic E-state index is 0.144.